The summed E-state index contributed by atoms with van der Waals surface area (Å²) in [5.41, 5.74) is 1.50. The lowest BCUT2D eigenvalue weighted by Crippen LogP contribution is -2.49. The van der Waals surface area contributed by atoms with E-state index in [2.05, 4.69) is 44.4 Å². The van der Waals surface area contributed by atoms with Crippen molar-refractivity contribution in [3.8, 4) is 11.5 Å². The normalized spacial score (nSPS) is 14.8. The summed E-state index contributed by atoms with van der Waals surface area (Å²) < 4.78 is 28.6. The molecule has 0 saturated heterocycles. The molecule has 2 amide bonds. The Hall–Kier alpha value is -3.30. The van der Waals surface area contributed by atoms with Crippen molar-refractivity contribution in [1.82, 2.24) is 10.6 Å². The monoisotopic (exact) mass is 670 g/mol. The predicted octanol–water partition coefficient (Wildman–Crippen LogP) is 7.59. The maximum Gasteiger partial charge on any atom is 0.407 e. The lowest BCUT2D eigenvalue weighted by atomic mass is 9.79. The molecule has 0 bridgehead atoms. The SMILES string of the molecule is CCC(C)[C@H](C[C@H](OC)[C@H](CC(Cc1ccc(OC)c(OCCCOC)c1)C(C)C)NC(=O)OC(C)(C)C)C(=O)NCc1ccccc1. The van der Waals surface area contributed by atoms with E-state index in [9.17, 15) is 9.59 Å². The van der Waals surface area contributed by atoms with E-state index in [-0.39, 0.29) is 29.6 Å². The molecule has 2 aromatic rings. The molecule has 9 heteroatoms. The Kier molecular flexibility index (Phi) is 17.8. The van der Waals surface area contributed by atoms with Gasteiger partial charge in [0.05, 0.1) is 25.9 Å². The fraction of sp³-hybridized carbons (Fsp3) is 0.641. The molecule has 0 spiro atoms. The highest BCUT2D eigenvalue weighted by atomic mass is 16.6. The van der Waals surface area contributed by atoms with Gasteiger partial charge in [-0.15, -0.1) is 0 Å². The zero-order valence-corrected chi connectivity index (χ0v) is 31.1. The van der Waals surface area contributed by atoms with Crippen LogP contribution >= 0.6 is 0 Å². The Labute approximate surface area is 289 Å². The fourth-order valence-electron chi connectivity index (χ4n) is 5.80. The molecular weight excluding hydrogens is 608 g/mol. The van der Waals surface area contributed by atoms with Gasteiger partial charge < -0.3 is 34.3 Å². The number of amides is 2. The van der Waals surface area contributed by atoms with Gasteiger partial charge in [0.2, 0.25) is 5.91 Å². The van der Waals surface area contributed by atoms with Crippen LogP contribution in [-0.2, 0) is 32.0 Å². The molecule has 0 heterocycles. The molecule has 270 valence electrons. The molecule has 0 aliphatic rings. The first-order valence-corrected chi connectivity index (χ1v) is 17.4. The number of carbonyl (C=O) groups is 2. The first kappa shape index (κ1) is 40.9. The number of carbonyl (C=O) groups excluding carboxylic acids is 2. The predicted molar refractivity (Wildman–Crippen MR) is 191 cm³/mol. The number of methoxy groups -OCH3 is 3. The summed E-state index contributed by atoms with van der Waals surface area (Å²) in [4.78, 5) is 26.9. The van der Waals surface area contributed by atoms with Crippen LogP contribution in [-0.4, -0.2) is 64.3 Å². The van der Waals surface area contributed by atoms with Crippen LogP contribution in [0.5, 0.6) is 11.5 Å². The smallest absolute Gasteiger partial charge is 0.407 e. The fourth-order valence-corrected chi connectivity index (χ4v) is 5.80. The lowest BCUT2D eigenvalue weighted by molar-refractivity contribution is -0.128. The van der Waals surface area contributed by atoms with Gasteiger partial charge in [-0.25, -0.2) is 4.79 Å². The minimum absolute atomic E-state index is 0.0112. The van der Waals surface area contributed by atoms with E-state index in [1.54, 1.807) is 21.3 Å². The van der Waals surface area contributed by atoms with Gasteiger partial charge in [-0.1, -0.05) is 70.5 Å². The first-order valence-electron chi connectivity index (χ1n) is 17.4. The summed E-state index contributed by atoms with van der Waals surface area (Å²) in [5, 5.41) is 6.30. The Balaban J connectivity index is 2.35. The zero-order valence-electron chi connectivity index (χ0n) is 31.1. The minimum atomic E-state index is -0.659. The second-order valence-electron chi connectivity index (χ2n) is 14.1. The number of benzene rings is 2. The average Bonchev–Trinajstić information content (AvgIpc) is 3.04. The third-order valence-electron chi connectivity index (χ3n) is 8.89. The van der Waals surface area contributed by atoms with E-state index in [4.69, 9.17) is 23.7 Å². The van der Waals surface area contributed by atoms with Gasteiger partial charge in [-0.3, -0.25) is 4.79 Å². The van der Waals surface area contributed by atoms with Crippen molar-refractivity contribution in [2.75, 3.05) is 34.5 Å². The average molecular weight is 671 g/mol. The second-order valence-corrected chi connectivity index (χ2v) is 14.1. The van der Waals surface area contributed by atoms with E-state index in [1.807, 2.05) is 63.2 Å². The van der Waals surface area contributed by atoms with Crippen molar-refractivity contribution < 1.29 is 33.3 Å². The Morgan fingerprint density at radius 2 is 1.58 bits per heavy atom. The molecule has 2 N–H and O–H groups in total. The Morgan fingerprint density at radius 1 is 0.875 bits per heavy atom. The van der Waals surface area contributed by atoms with Gasteiger partial charge in [-0.2, -0.15) is 0 Å². The molecule has 0 fully saturated rings. The Bertz CT molecular complexity index is 1210. The van der Waals surface area contributed by atoms with E-state index in [0.29, 0.717) is 44.1 Å². The molecule has 0 aromatic heterocycles. The van der Waals surface area contributed by atoms with Crippen LogP contribution in [0.2, 0.25) is 0 Å². The highest BCUT2D eigenvalue weighted by molar-refractivity contribution is 5.79. The second kappa shape index (κ2) is 20.9. The largest absolute Gasteiger partial charge is 0.493 e. The summed E-state index contributed by atoms with van der Waals surface area (Å²) in [6.07, 6.45) is 2.54. The number of hydrogen-bond acceptors (Lipinski definition) is 7. The number of nitrogens with one attached hydrogen (secondary N) is 2. The van der Waals surface area contributed by atoms with Crippen LogP contribution < -0.4 is 20.1 Å². The highest BCUT2D eigenvalue weighted by Gasteiger charge is 2.35. The summed E-state index contributed by atoms with van der Waals surface area (Å²) >= 11 is 0. The molecule has 2 aromatic carbocycles. The minimum Gasteiger partial charge on any atom is -0.493 e. The molecule has 2 unspecified atom stereocenters. The van der Waals surface area contributed by atoms with Gasteiger partial charge in [-0.05, 0) is 81.0 Å². The van der Waals surface area contributed by atoms with Crippen molar-refractivity contribution in [2.45, 2.75) is 105 Å². The quantitative estimate of drug-likeness (QED) is 0.132. The van der Waals surface area contributed by atoms with E-state index >= 15 is 0 Å². The molecule has 2 rings (SSSR count). The number of hydrogen-bond donors (Lipinski definition) is 2. The molecule has 5 atom stereocenters. The van der Waals surface area contributed by atoms with Crippen molar-refractivity contribution >= 4 is 12.0 Å². The summed E-state index contributed by atoms with van der Waals surface area (Å²) in [6.45, 7) is 15.7. The molecule has 48 heavy (non-hydrogen) atoms. The van der Waals surface area contributed by atoms with Crippen LogP contribution in [0, 0.1) is 23.7 Å². The van der Waals surface area contributed by atoms with Crippen LogP contribution in [0.25, 0.3) is 0 Å². The first-order chi connectivity index (χ1) is 22.8. The maximum atomic E-state index is 13.7. The zero-order chi connectivity index (χ0) is 35.7. The molecule has 0 radical (unpaired) electrons. The van der Waals surface area contributed by atoms with Gasteiger partial charge in [0, 0.05) is 39.7 Å². The van der Waals surface area contributed by atoms with Gasteiger partial charge >= 0.3 is 6.09 Å². The molecule has 0 aliphatic carbocycles. The molecular formula is C39H62N2O7. The molecule has 0 aliphatic heterocycles. The third-order valence-corrected chi connectivity index (χ3v) is 8.89. The van der Waals surface area contributed by atoms with Crippen LogP contribution in [0.15, 0.2) is 48.5 Å². The molecule has 9 nitrogen and oxygen atoms in total. The number of rotatable bonds is 21. The van der Waals surface area contributed by atoms with Gasteiger partial charge in [0.25, 0.3) is 0 Å². The lowest BCUT2D eigenvalue weighted by Gasteiger charge is -2.35. The van der Waals surface area contributed by atoms with E-state index < -0.39 is 23.8 Å². The summed E-state index contributed by atoms with van der Waals surface area (Å²) in [5.74, 6) is 1.64. The van der Waals surface area contributed by atoms with E-state index in [0.717, 1.165) is 30.4 Å². The Morgan fingerprint density at radius 3 is 2.17 bits per heavy atom. The van der Waals surface area contributed by atoms with Crippen molar-refractivity contribution in [3.05, 3.63) is 59.7 Å². The van der Waals surface area contributed by atoms with Crippen LogP contribution in [0.3, 0.4) is 0 Å². The van der Waals surface area contributed by atoms with Crippen LogP contribution in [0.1, 0.15) is 85.3 Å². The maximum absolute atomic E-state index is 13.7. The topological polar surface area (TPSA) is 104 Å². The van der Waals surface area contributed by atoms with Crippen molar-refractivity contribution in [2.24, 2.45) is 23.7 Å². The standard InChI is InChI=1S/C39H62N2O7/c1-11-28(4)32(37(42)40-26-29-16-13-12-14-17-29)25-35(46-10)33(41-38(43)48-39(5,6)7)24-31(27(2)3)22-30-18-19-34(45-9)36(23-30)47-21-15-20-44-8/h12-14,16-19,23,27-28,31-33,35H,11,15,20-22,24-26H2,1-10H3,(H,40,42)(H,41,43)/t28?,31?,32-,33-,35-/m0/s1. The van der Waals surface area contributed by atoms with Gasteiger partial charge in [0.1, 0.15) is 5.60 Å². The third kappa shape index (κ3) is 14.4. The van der Waals surface area contributed by atoms with E-state index in [1.165, 1.54) is 0 Å². The highest BCUT2D eigenvalue weighted by Crippen LogP contribution is 2.33. The summed E-state index contributed by atoms with van der Waals surface area (Å²) in [7, 11) is 4.98. The number of alkyl carbamates (subject to hydrolysis) is 1. The summed E-state index contributed by atoms with van der Waals surface area (Å²) in [6, 6.07) is 15.6. The van der Waals surface area contributed by atoms with Crippen molar-refractivity contribution in [1.29, 1.82) is 0 Å². The number of ether oxygens (including phenoxy) is 5. The van der Waals surface area contributed by atoms with Gasteiger partial charge in [0.15, 0.2) is 11.5 Å². The van der Waals surface area contributed by atoms with Crippen molar-refractivity contribution in [3.63, 3.8) is 0 Å². The van der Waals surface area contributed by atoms with Crippen LogP contribution in [0.4, 0.5) is 4.79 Å². The molecule has 0 saturated carbocycles.